The molecule has 0 N–H and O–H groups in total. The largest absolute Gasteiger partial charge is 0.444 e. The van der Waals surface area contributed by atoms with Gasteiger partial charge < -0.3 is 9.64 Å². The van der Waals surface area contributed by atoms with Crippen molar-refractivity contribution in [2.45, 2.75) is 26.4 Å². The molecule has 0 unspecified atom stereocenters. The van der Waals surface area contributed by atoms with E-state index in [-0.39, 0.29) is 6.54 Å². The van der Waals surface area contributed by atoms with Crippen molar-refractivity contribution >= 4 is 11.9 Å². The van der Waals surface area contributed by atoms with Gasteiger partial charge in [-0.2, -0.15) is 0 Å². The summed E-state index contributed by atoms with van der Waals surface area (Å²) in [7, 11) is 1.46. The van der Waals surface area contributed by atoms with Gasteiger partial charge in [0.1, 0.15) is 5.60 Å². The van der Waals surface area contributed by atoms with E-state index in [1.807, 2.05) is 5.92 Å². The van der Waals surface area contributed by atoms with E-state index in [4.69, 9.17) is 11.2 Å². The molecule has 0 saturated carbocycles. The Balaban J connectivity index is 4.15. The molecule has 4 nitrogen and oxygen atoms in total. The Morgan fingerprint density at radius 3 is 2.29 bits per heavy atom. The maximum atomic E-state index is 11.3. The molecule has 4 heteroatoms. The number of nitrogens with zero attached hydrogens (tertiary/aromatic N) is 1. The molecule has 0 rings (SSSR count). The van der Waals surface area contributed by atoms with Gasteiger partial charge in [-0.05, 0) is 26.7 Å². The Labute approximate surface area is 84.2 Å². The lowest BCUT2D eigenvalue weighted by atomic mass is 10.2. The van der Waals surface area contributed by atoms with Gasteiger partial charge in [0.15, 0.2) is 0 Å². The van der Waals surface area contributed by atoms with Crippen LogP contribution >= 0.6 is 0 Å². The second-order valence-electron chi connectivity index (χ2n) is 3.90. The molecular weight excluding hydrogens is 182 g/mol. The molecular formula is C10H15NO3. The smallest absolute Gasteiger partial charge is 0.410 e. The van der Waals surface area contributed by atoms with Crippen LogP contribution in [-0.4, -0.2) is 36.0 Å². The van der Waals surface area contributed by atoms with Crippen molar-refractivity contribution < 1.29 is 14.3 Å². The fourth-order valence-corrected chi connectivity index (χ4v) is 0.665. The SMILES string of the molecule is C#CC(=O)CN(C)C(=O)OC(C)(C)C. The fourth-order valence-electron chi connectivity index (χ4n) is 0.665. The Kier molecular flexibility index (Phi) is 4.16. The molecule has 1 amide bonds. The summed E-state index contributed by atoms with van der Waals surface area (Å²) in [5, 5.41) is 0. The van der Waals surface area contributed by atoms with Crippen LogP contribution in [0.5, 0.6) is 0 Å². The number of Topliss-reactive ketones (excluding diaryl/α,β-unsaturated/α-hetero) is 1. The maximum absolute atomic E-state index is 11.3. The molecule has 0 radical (unpaired) electrons. The van der Waals surface area contributed by atoms with Crippen molar-refractivity contribution in [1.82, 2.24) is 4.90 Å². The number of rotatable bonds is 2. The van der Waals surface area contributed by atoms with E-state index in [0.29, 0.717) is 0 Å². The predicted octanol–water partition coefficient (Wildman–Crippen LogP) is 1.06. The Bertz CT molecular complexity index is 270. The molecule has 0 spiro atoms. The summed E-state index contributed by atoms with van der Waals surface area (Å²) in [6, 6.07) is 0. The molecule has 0 fully saturated rings. The minimum Gasteiger partial charge on any atom is -0.444 e. The van der Waals surface area contributed by atoms with Crippen LogP contribution in [0.25, 0.3) is 0 Å². The van der Waals surface area contributed by atoms with Crippen LogP contribution in [0.15, 0.2) is 0 Å². The zero-order chi connectivity index (χ0) is 11.4. The third kappa shape index (κ3) is 5.20. The van der Waals surface area contributed by atoms with Crippen LogP contribution in [0.3, 0.4) is 0 Å². The summed E-state index contributed by atoms with van der Waals surface area (Å²) < 4.78 is 5.01. The lowest BCUT2D eigenvalue weighted by molar-refractivity contribution is -0.114. The molecule has 0 aromatic heterocycles. The highest BCUT2D eigenvalue weighted by Crippen LogP contribution is 2.08. The van der Waals surface area contributed by atoms with Gasteiger partial charge in [0.2, 0.25) is 5.78 Å². The van der Waals surface area contributed by atoms with Crippen LogP contribution in [0.2, 0.25) is 0 Å². The average molecular weight is 197 g/mol. The number of carbonyl (C=O) groups is 2. The van der Waals surface area contributed by atoms with Gasteiger partial charge >= 0.3 is 6.09 Å². The van der Waals surface area contributed by atoms with Gasteiger partial charge in [-0.3, -0.25) is 4.79 Å². The first-order chi connectivity index (χ1) is 6.26. The van der Waals surface area contributed by atoms with Crippen LogP contribution in [-0.2, 0) is 9.53 Å². The summed E-state index contributed by atoms with van der Waals surface area (Å²) in [4.78, 5) is 23.2. The van der Waals surface area contributed by atoms with Crippen LogP contribution in [0, 0.1) is 12.3 Å². The van der Waals surface area contributed by atoms with E-state index >= 15 is 0 Å². The lowest BCUT2D eigenvalue weighted by Crippen LogP contribution is -2.36. The number of ketones is 1. The lowest BCUT2D eigenvalue weighted by Gasteiger charge is -2.23. The predicted molar refractivity (Wildman–Crippen MR) is 52.7 cm³/mol. The number of terminal acetylenes is 1. The Morgan fingerprint density at radius 1 is 1.43 bits per heavy atom. The van der Waals surface area contributed by atoms with Crippen LogP contribution in [0.1, 0.15) is 20.8 Å². The topological polar surface area (TPSA) is 46.6 Å². The van der Waals surface area contributed by atoms with Crippen molar-refractivity contribution in [3.8, 4) is 12.3 Å². The Hall–Kier alpha value is -1.50. The number of likely N-dealkylation sites (N-methyl/N-ethyl adjacent to an activating group) is 1. The molecule has 0 aromatic rings. The van der Waals surface area contributed by atoms with Gasteiger partial charge in [-0.1, -0.05) is 0 Å². The summed E-state index contributed by atoms with van der Waals surface area (Å²) in [5.41, 5.74) is -0.565. The van der Waals surface area contributed by atoms with Crippen molar-refractivity contribution in [1.29, 1.82) is 0 Å². The van der Waals surface area contributed by atoms with Gasteiger partial charge in [-0.15, -0.1) is 6.42 Å². The molecule has 0 aliphatic heterocycles. The van der Waals surface area contributed by atoms with Crippen LogP contribution < -0.4 is 0 Å². The van der Waals surface area contributed by atoms with E-state index in [9.17, 15) is 9.59 Å². The number of ether oxygens (including phenoxy) is 1. The summed E-state index contributed by atoms with van der Waals surface area (Å²) in [6.07, 6.45) is 4.31. The monoisotopic (exact) mass is 197 g/mol. The number of carbonyl (C=O) groups excluding carboxylic acids is 2. The first-order valence-corrected chi connectivity index (χ1v) is 4.20. The Morgan fingerprint density at radius 2 is 1.93 bits per heavy atom. The summed E-state index contributed by atoms with van der Waals surface area (Å²) in [5.74, 6) is 1.48. The van der Waals surface area contributed by atoms with Gasteiger partial charge in [0.05, 0.1) is 6.54 Å². The minimum atomic E-state index is -0.565. The van der Waals surface area contributed by atoms with E-state index in [1.165, 1.54) is 7.05 Å². The highest BCUT2D eigenvalue weighted by atomic mass is 16.6. The molecule has 0 saturated heterocycles. The summed E-state index contributed by atoms with van der Waals surface area (Å²) >= 11 is 0. The molecule has 0 bridgehead atoms. The molecule has 78 valence electrons. The second kappa shape index (κ2) is 4.66. The minimum absolute atomic E-state index is 0.120. The number of hydrogen-bond donors (Lipinski definition) is 0. The van der Waals surface area contributed by atoms with Crippen molar-refractivity contribution in [3.05, 3.63) is 0 Å². The third-order valence-corrected chi connectivity index (χ3v) is 1.25. The third-order valence-electron chi connectivity index (χ3n) is 1.25. The van der Waals surface area contributed by atoms with Crippen molar-refractivity contribution in [3.63, 3.8) is 0 Å². The second-order valence-corrected chi connectivity index (χ2v) is 3.90. The molecule has 0 aliphatic rings. The van der Waals surface area contributed by atoms with Crippen molar-refractivity contribution in [2.75, 3.05) is 13.6 Å². The van der Waals surface area contributed by atoms with E-state index in [1.54, 1.807) is 20.8 Å². The van der Waals surface area contributed by atoms with Gasteiger partial charge in [-0.25, -0.2) is 4.79 Å². The normalized spacial score (nSPS) is 10.2. The first kappa shape index (κ1) is 12.5. The summed E-state index contributed by atoms with van der Waals surface area (Å²) in [6.45, 7) is 5.14. The highest BCUT2D eigenvalue weighted by molar-refractivity contribution is 5.97. The fraction of sp³-hybridized carbons (Fsp3) is 0.600. The van der Waals surface area contributed by atoms with Crippen molar-refractivity contribution in [2.24, 2.45) is 0 Å². The van der Waals surface area contributed by atoms with E-state index < -0.39 is 17.5 Å². The van der Waals surface area contributed by atoms with Crippen LogP contribution in [0.4, 0.5) is 4.79 Å². The standard InChI is InChI=1S/C10H15NO3/c1-6-8(12)7-11(5)9(13)14-10(2,3)4/h1H,7H2,2-5H3. The number of amides is 1. The molecule has 0 aromatic carbocycles. The van der Waals surface area contributed by atoms with Gasteiger partial charge in [0.25, 0.3) is 0 Å². The molecule has 0 aliphatic carbocycles. The quantitative estimate of drug-likeness (QED) is 0.491. The molecule has 0 atom stereocenters. The maximum Gasteiger partial charge on any atom is 0.410 e. The first-order valence-electron chi connectivity index (χ1n) is 4.20. The number of hydrogen-bond acceptors (Lipinski definition) is 3. The van der Waals surface area contributed by atoms with E-state index in [2.05, 4.69) is 0 Å². The zero-order valence-corrected chi connectivity index (χ0v) is 8.96. The molecule has 0 heterocycles. The zero-order valence-electron chi connectivity index (χ0n) is 8.96. The average Bonchev–Trinajstić information content (AvgIpc) is 2.00. The molecule has 14 heavy (non-hydrogen) atoms. The van der Waals surface area contributed by atoms with E-state index in [0.717, 1.165) is 4.90 Å². The van der Waals surface area contributed by atoms with Gasteiger partial charge in [0, 0.05) is 7.05 Å². The highest BCUT2D eigenvalue weighted by Gasteiger charge is 2.20.